The van der Waals surface area contributed by atoms with Crippen molar-refractivity contribution in [2.75, 3.05) is 11.9 Å². The number of nitrogens with zero attached hydrogens (tertiary/aromatic N) is 1. The van der Waals surface area contributed by atoms with E-state index in [2.05, 4.69) is 36.3 Å². The number of aromatic nitrogens is 1. The summed E-state index contributed by atoms with van der Waals surface area (Å²) in [4.78, 5) is 16.6. The number of thiazole rings is 1. The molecule has 0 atom stereocenters. The summed E-state index contributed by atoms with van der Waals surface area (Å²) in [6.07, 6.45) is 0. The van der Waals surface area contributed by atoms with Gasteiger partial charge in [-0.15, -0.1) is 11.3 Å². The second-order valence-electron chi connectivity index (χ2n) is 6.44. The van der Waals surface area contributed by atoms with Crippen LogP contribution in [-0.2, 0) is 4.79 Å². The van der Waals surface area contributed by atoms with E-state index in [1.807, 2.05) is 43.5 Å². The van der Waals surface area contributed by atoms with Gasteiger partial charge in [0.15, 0.2) is 11.7 Å². The molecule has 5 heteroatoms. The van der Waals surface area contributed by atoms with Gasteiger partial charge in [-0.3, -0.25) is 10.1 Å². The molecule has 0 aliphatic carbocycles. The number of benzene rings is 2. The molecule has 0 bridgehead atoms. The van der Waals surface area contributed by atoms with Crippen molar-refractivity contribution in [2.24, 2.45) is 0 Å². The second-order valence-corrected chi connectivity index (χ2v) is 7.30. The number of anilines is 1. The number of aryl methyl sites for hydroxylation is 4. The third-order valence-electron chi connectivity index (χ3n) is 4.24. The van der Waals surface area contributed by atoms with Crippen molar-refractivity contribution in [3.05, 3.63) is 64.0 Å². The van der Waals surface area contributed by atoms with Crippen molar-refractivity contribution >= 4 is 22.4 Å². The van der Waals surface area contributed by atoms with Gasteiger partial charge in [-0.05, 0) is 56.5 Å². The Morgan fingerprint density at radius 3 is 2.58 bits per heavy atom. The van der Waals surface area contributed by atoms with Gasteiger partial charge in [0.2, 0.25) is 0 Å². The van der Waals surface area contributed by atoms with Crippen LogP contribution >= 0.6 is 11.3 Å². The van der Waals surface area contributed by atoms with E-state index in [4.69, 9.17) is 4.74 Å². The molecule has 4 nitrogen and oxygen atoms in total. The van der Waals surface area contributed by atoms with Gasteiger partial charge in [-0.1, -0.05) is 29.8 Å². The molecule has 0 aliphatic heterocycles. The lowest BCUT2D eigenvalue weighted by atomic mass is 10.1. The highest BCUT2D eigenvalue weighted by Gasteiger charge is 2.10. The Morgan fingerprint density at radius 2 is 1.85 bits per heavy atom. The number of rotatable bonds is 5. The van der Waals surface area contributed by atoms with Crippen LogP contribution in [0.2, 0.25) is 0 Å². The first-order valence-corrected chi connectivity index (χ1v) is 9.33. The number of carbonyl (C=O) groups is 1. The van der Waals surface area contributed by atoms with E-state index in [0.29, 0.717) is 5.13 Å². The Labute approximate surface area is 157 Å². The summed E-state index contributed by atoms with van der Waals surface area (Å²) < 4.78 is 5.61. The SMILES string of the molecule is Cc1ccc(OCC(=O)Nc2nc(-c3ccc(C)c(C)c3)cs2)c(C)c1. The first-order valence-electron chi connectivity index (χ1n) is 8.45. The summed E-state index contributed by atoms with van der Waals surface area (Å²) in [5.74, 6) is 0.506. The molecule has 0 unspecified atom stereocenters. The molecule has 1 N–H and O–H groups in total. The topological polar surface area (TPSA) is 51.2 Å². The lowest BCUT2D eigenvalue weighted by Crippen LogP contribution is -2.20. The molecule has 0 saturated carbocycles. The maximum Gasteiger partial charge on any atom is 0.264 e. The molecule has 0 saturated heterocycles. The standard InChI is InChI=1S/C21H22N2O2S/c1-13-5-8-19(16(4)9-13)25-11-20(24)23-21-22-18(12-26-21)17-7-6-14(2)15(3)10-17/h5-10,12H,11H2,1-4H3,(H,22,23,24). The number of nitrogens with one attached hydrogen (secondary N) is 1. The normalized spacial score (nSPS) is 10.6. The number of ether oxygens (including phenoxy) is 1. The van der Waals surface area contributed by atoms with Crippen LogP contribution in [0.5, 0.6) is 5.75 Å². The average molecular weight is 366 g/mol. The molecule has 1 aromatic heterocycles. The van der Waals surface area contributed by atoms with Crippen LogP contribution < -0.4 is 10.1 Å². The Kier molecular flexibility index (Phi) is 5.38. The van der Waals surface area contributed by atoms with Gasteiger partial charge in [0.1, 0.15) is 5.75 Å². The largest absolute Gasteiger partial charge is 0.483 e. The van der Waals surface area contributed by atoms with E-state index in [-0.39, 0.29) is 12.5 Å². The van der Waals surface area contributed by atoms with E-state index in [1.54, 1.807) is 0 Å². The molecule has 2 aromatic carbocycles. The molecule has 1 amide bonds. The minimum Gasteiger partial charge on any atom is -0.483 e. The monoisotopic (exact) mass is 366 g/mol. The van der Waals surface area contributed by atoms with Gasteiger partial charge in [0, 0.05) is 10.9 Å². The average Bonchev–Trinajstić information content (AvgIpc) is 3.05. The van der Waals surface area contributed by atoms with Gasteiger partial charge < -0.3 is 4.74 Å². The minimum absolute atomic E-state index is 0.0392. The summed E-state index contributed by atoms with van der Waals surface area (Å²) >= 11 is 1.41. The first-order chi connectivity index (χ1) is 12.4. The fourth-order valence-corrected chi connectivity index (χ4v) is 3.36. The van der Waals surface area contributed by atoms with Crippen molar-refractivity contribution in [3.8, 4) is 17.0 Å². The molecule has 0 fully saturated rings. The predicted molar refractivity (Wildman–Crippen MR) is 107 cm³/mol. The van der Waals surface area contributed by atoms with Crippen LogP contribution in [0.15, 0.2) is 41.8 Å². The lowest BCUT2D eigenvalue weighted by Gasteiger charge is -2.09. The molecule has 3 rings (SSSR count). The lowest BCUT2D eigenvalue weighted by molar-refractivity contribution is -0.118. The molecule has 134 valence electrons. The highest BCUT2D eigenvalue weighted by atomic mass is 32.1. The fraction of sp³-hybridized carbons (Fsp3) is 0.238. The second kappa shape index (κ2) is 7.70. The first kappa shape index (κ1) is 18.1. The van der Waals surface area contributed by atoms with E-state index < -0.39 is 0 Å². The Morgan fingerprint density at radius 1 is 1.04 bits per heavy atom. The summed E-state index contributed by atoms with van der Waals surface area (Å²) in [5, 5.41) is 5.33. The summed E-state index contributed by atoms with van der Waals surface area (Å²) in [6.45, 7) is 8.12. The number of amides is 1. The molecule has 0 radical (unpaired) electrons. The molecule has 0 aliphatic rings. The van der Waals surface area contributed by atoms with Crippen molar-refractivity contribution in [1.82, 2.24) is 4.98 Å². The quantitative estimate of drug-likeness (QED) is 0.686. The van der Waals surface area contributed by atoms with Crippen LogP contribution in [0.3, 0.4) is 0 Å². The maximum absolute atomic E-state index is 12.1. The number of hydrogen-bond acceptors (Lipinski definition) is 4. The zero-order valence-corrected chi connectivity index (χ0v) is 16.2. The maximum atomic E-state index is 12.1. The van der Waals surface area contributed by atoms with Crippen LogP contribution in [0.1, 0.15) is 22.3 Å². The Bertz CT molecular complexity index is 947. The zero-order valence-electron chi connectivity index (χ0n) is 15.4. The van der Waals surface area contributed by atoms with E-state index >= 15 is 0 Å². The van der Waals surface area contributed by atoms with Crippen LogP contribution in [0.25, 0.3) is 11.3 Å². The predicted octanol–water partition coefficient (Wildman–Crippen LogP) is 5.06. The van der Waals surface area contributed by atoms with Crippen LogP contribution in [0, 0.1) is 27.7 Å². The Balaban J connectivity index is 1.61. The molecule has 0 spiro atoms. The Hall–Kier alpha value is -2.66. The summed E-state index contributed by atoms with van der Waals surface area (Å²) in [7, 11) is 0. The van der Waals surface area contributed by atoms with Gasteiger partial charge in [0.05, 0.1) is 5.69 Å². The van der Waals surface area contributed by atoms with Gasteiger partial charge >= 0.3 is 0 Å². The minimum atomic E-state index is -0.217. The van der Waals surface area contributed by atoms with E-state index in [9.17, 15) is 4.79 Å². The van der Waals surface area contributed by atoms with Gasteiger partial charge in [0.25, 0.3) is 5.91 Å². The molecular formula is C21H22N2O2S. The van der Waals surface area contributed by atoms with Gasteiger partial charge in [-0.2, -0.15) is 0 Å². The van der Waals surface area contributed by atoms with Crippen molar-refractivity contribution in [2.45, 2.75) is 27.7 Å². The van der Waals surface area contributed by atoms with E-state index in [1.165, 1.54) is 28.0 Å². The highest BCUT2D eigenvalue weighted by molar-refractivity contribution is 7.14. The van der Waals surface area contributed by atoms with Crippen molar-refractivity contribution < 1.29 is 9.53 Å². The zero-order chi connectivity index (χ0) is 18.7. The fourth-order valence-electron chi connectivity index (χ4n) is 2.62. The number of carbonyl (C=O) groups excluding carboxylic acids is 1. The number of hydrogen-bond donors (Lipinski definition) is 1. The molecular weight excluding hydrogens is 344 g/mol. The van der Waals surface area contributed by atoms with Crippen molar-refractivity contribution in [1.29, 1.82) is 0 Å². The summed E-state index contributed by atoms with van der Waals surface area (Å²) in [5.41, 5.74) is 6.58. The molecule has 3 aromatic rings. The van der Waals surface area contributed by atoms with Crippen LogP contribution in [0.4, 0.5) is 5.13 Å². The van der Waals surface area contributed by atoms with E-state index in [0.717, 1.165) is 22.6 Å². The highest BCUT2D eigenvalue weighted by Crippen LogP contribution is 2.26. The molecule has 1 heterocycles. The third-order valence-corrected chi connectivity index (χ3v) is 5.00. The third kappa shape index (κ3) is 4.29. The van der Waals surface area contributed by atoms with Crippen LogP contribution in [-0.4, -0.2) is 17.5 Å². The summed E-state index contributed by atoms with van der Waals surface area (Å²) in [6, 6.07) is 12.1. The van der Waals surface area contributed by atoms with Crippen molar-refractivity contribution in [3.63, 3.8) is 0 Å². The molecule has 26 heavy (non-hydrogen) atoms. The smallest absolute Gasteiger partial charge is 0.264 e. The van der Waals surface area contributed by atoms with Gasteiger partial charge in [-0.25, -0.2) is 4.98 Å².